The Morgan fingerprint density at radius 2 is 2.18 bits per heavy atom. The molecule has 0 aliphatic carbocycles. The lowest BCUT2D eigenvalue weighted by Gasteiger charge is -2.31. The number of nitrogens with zero attached hydrogens (tertiary/aromatic N) is 1. The minimum absolute atomic E-state index is 0.168. The second-order valence-corrected chi connectivity index (χ2v) is 6.60. The molecule has 1 aromatic rings. The number of carbonyl (C=O) groups is 1. The largest absolute Gasteiger partial charge is 0.376 e. The number of alkyl halides is 2. The topological polar surface area (TPSA) is 63.2 Å². The molecule has 0 unspecified atom stereocenters. The fraction of sp³-hybridized carbons (Fsp3) is 0.714. The number of halogens is 2. The minimum Gasteiger partial charge on any atom is -0.376 e. The van der Waals surface area contributed by atoms with Gasteiger partial charge in [0.05, 0.1) is 12.1 Å². The number of aromatic nitrogens is 1. The van der Waals surface area contributed by atoms with Crippen molar-refractivity contribution in [3.05, 3.63) is 16.6 Å². The van der Waals surface area contributed by atoms with Crippen molar-refractivity contribution >= 4 is 17.2 Å². The van der Waals surface area contributed by atoms with E-state index >= 15 is 0 Å². The Bertz CT molecular complexity index is 506. The quantitative estimate of drug-likeness (QED) is 0.878. The van der Waals surface area contributed by atoms with E-state index in [2.05, 4.69) is 15.6 Å². The molecule has 2 aliphatic heterocycles. The summed E-state index contributed by atoms with van der Waals surface area (Å²) >= 11 is 0.784. The number of amides is 1. The molecule has 2 aliphatic rings. The molecule has 22 heavy (non-hydrogen) atoms. The molecule has 0 spiro atoms. The first-order valence-corrected chi connectivity index (χ1v) is 8.38. The lowest BCUT2D eigenvalue weighted by Crippen LogP contribution is -2.50. The van der Waals surface area contributed by atoms with Crippen LogP contribution in [0.4, 0.5) is 8.78 Å². The maximum atomic E-state index is 14.1. The molecule has 2 saturated heterocycles. The predicted octanol–water partition coefficient (Wildman–Crippen LogP) is 1.51. The summed E-state index contributed by atoms with van der Waals surface area (Å²) in [6.45, 7) is 2.31. The van der Waals surface area contributed by atoms with E-state index in [1.165, 1.54) is 11.6 Å². The van der Waals surface area contributed by atoms with Gasteiger partial charge in [0, 0.05) is 18.2 Å². The van der Waals surface area contributed by atoms with Crippen LogP contribution in [0, 0.1) is 5.92 Å². The summed E-state index contributed by atoms with van der Waals surface area (Å²) in [4.78, 5) is 15.5. The van der Waals surface area contributed by atoms with Gasteiger partial charge < -0.3 is 15.4 Å². The van der Waals surface area contributed by atoms with Crippen molar-refractivity contribution in [2.24, 2.45) is 5.92 Å². The van der Waals surface area contributed by atoms with Crippen LogP contribution in [0.15, 0.2) is 11.6 Å². The highest BCUT2D eigenvalue weighted by molar-refractivity contribution is 7.09. The van der Waals surface area contributed by atoms with Gasteiger partial charge >= 0.3 is 5.92 Å². The van der Waals surface area contributed by atoms with Gasteiger partial charge in [-0.15, -0.1) is 11.3 Å². The summed E-state index contributed by atoms with van der Waals surface area (Å²) in [7, 11) is 0. The molecule has 2 atom stereocenters. The van der Waals surface area contributed by atoms with Gasteiger partial charge in [-0.05, 0) is 38.3 Å². The fourth-order valence-electron chi connectivity index (χ4n) is 3.14. The molecule has 1 aromatic heterocycles. The van der Waals surface area contributed by atoms with Crippen LogP contribution in [0.2, 0.25) is 0 Å². The van der Waals surface area contributed by atoms with Gasteiger partial charge in [0.15, 0.2) is 5.01 Å². The first kappa shape index (κ1) is 15.8. The fourth-order valence-corrected chi connectivity index (χ4v) is 3.75. The average molecular weight is 331 g/mol. The molecule has 0 radical (unpaired) electrons. The van der Waals surface area contributed by atoms with E-state index in [0.29, 0.717) is 18.9 Å². The molecule has 8 heteroatoms. The highest BCUT2D eigenvalue weighted by Crippen LogP contribution is 2.32. The number of piperidine rings is 1. The molecule has 3 heterocycles. The number of hydrogen-bond acceptors (Lipinski definition) is 5. The predicted molar refractivity (Wildman–Crippen MR) is 77.9 cm³/mol. The highest BCUT2D eigenvalue weighted by Gasteiger charge is 2.46. The first-order chi connectivity index (χ1) is 10.6. The van der Waals surface area contributed by atoms with Crippen molar-refractivity contribution < 1.29 is 18.3 Å². The number of ether oxygens (including phenoxy) is 1. The van der Waals surface area contributed by atoms with Crippen LogP contribution in [0.5, 0.6) is 0 Å². The zero-order valence-corrected chi connectivity index (χ0v) is 12.9. The number of nitrogens with one attached hydrogen (secondary N) is 2. The standard InChI is InChI=1S/C14H19F2N3O2S/c15-14(16,13-18-6-8-22-13)12(20)19-10-3-7-21-11(10)9-1-4-17-5-2-9/h6,8-11,17H,1-5,7H2,(H,19,20)/t10-,11+/m1/s1. The van der Waals surface area contributed by atoms with Gasteiger partial charge in [-0.3, -0.25) is 4.79 Å². The normalized spacial score (nSPS) is 27.0. The molecule has 0 saturated carbocycles. The van der Waals surface area contributed by atoms with Crippen molar-refractivity contribution in [1.29, 1.82) is 0 Å². The van der Waals surface area contributed by atoms with Crippen LogP contribution in [0.1, 0.15) is 24.3 Å². The van der Waals surface area contributed by atoms with E-state index in [9.17, 15) is 13.6 Å². The second-order valence-electron chi connectivity index (χ2n) is 5.70. The molecule has 1 amide bonds. The van der Waals surface area contributed by atoms with E-state index in [-0.39, 0.29) is 12.1 Å². The maximum absolute atomic E-state index is 14.1. The highest BCUT2D eigenvalue weighted by atomic mass is 32.1. The Kier molecular flexibility index (Phi) is 4.70. The third-order valence-corrected chi connectivity index (χ3v) is 5.13. The number of rotatable bonds is 4. The zero-order chi connectivity index (χ0) is 15.6. The summed E-state index contributed by atoms with van der Waals surface area (Å²) in [5.74, 6) is -4.56. The molecule has 2 N–H and O–H groups in total. The molecule has 122 valence electrons. The average Bonchev–Trinajstić information content (AvgIpc) is 3.20. The van der Waals surface area contributed by atoms with Gasteiger partial charge in [0.1, 0.15) is 0 Å². The van der Waals surface area contributed by atoms with E-state index in [1.54, 1.807) is 0 Å². The van der Waals surface area contributed by atoms with Gasteiger partial charge in [0.25, 0.3) is 5.91 Å². The molecule has 0 aromatic carbocycles. The van der Waals surface area contributed by atoms with Crippen molar-refractivity contribution in [3.63, 3.8) is 0 Å². The number of thiazole rings is 1. The molecular weight excluding hydrogens is 312 g/mol. The first-order valence-electron chi connectivity index (χ1n) is 7.50. The van der Waals surface area contributed by atoms with Gasteiger partial charge in [-0.2, -0.15) is 8.78 Å². The van der Waals surface area contributed by atoms with E-state index in [4.69, 9.17) is 4.74 Å². The van der Waals surface area contributed by atoms with E-state index in [1.807, 2.05) is 0 Å². The Balaban J connectivity index is 1.65. The summed E-state index contributed by atoms with van der Waals surface area (Å²) < 4.78 is 33.9. The van der Waals surface area contributed by atoms with Crippen LogP contribution < -0.4 is 10.6 Å². The van der Waals surface area contributed by atoms with E-state index < -0.39 is 16.8 Å². The van der Waals surface area contributed by atoms with Crippen LogP contribution in [-0.2, 0) is 15.5 Å². The van der Waals surface area contributed by atoms with Crippen LogP contribution >= 0.6 is 11.3 Å². The molecular formula is C14H19F2N3O2S. The lowest BCUT2D eigenvalue weighted by molar-refractivity contribution is -0.148. The van der Waals surface area contributed by atoms with Gasteiger partial charge in [-0.25, -0.2) is 4.98 Å². The zero-order valence-electron chi connectivity index (χ0n) is 12.1. The van der Waals surface area contributed by atoms with Crippen molar-refractivity contribution in [1.82, 2.24) is 15.6 Å². The van der Waals surface area contributed by atoms with Crippen LogP contribution in [0.3, 0.4) is 0 Å². The van der Waals surface area contributed by atoms with Crippen molar-refractivity contribution in [3.8, 4) is 0 Å². The minimum atomic E-state index is -3.59. The molecule has 5 nitrogen and oxygen atoms in total. The lowest BCUT2D eigenvalue weighted by atomic mass is 9.88. The SMILES string of the molecule is O=C(N[C@@H]1CCO[C@H]1C1CCNCC1)C(F)(F)c1nccs1. The van der Waals surface area contributed by atoms with E-state index in [0.717, 1.165) is 37.3 Å². The van der Waals surface area contributed by atoms with Crippen molar-refractivity contribution in [2.45, 2.75) is 37.3 Å². The van der Waals surface area contributed by atoms with Gasteiger partial charge in [0.2, 0.25) is 0 Å². The summed E-state index contributed by atoms with van der Waals surface area (Å²) in [6.07, 6.45) is 3.57. The Morgan fingerprint density at radius 1 is 1.41 bits per heavy atom. The summed E-state index contributed by atoms with van der Waals surface area (Å²) in [5.41, 5.74) is 0. The van der Waals surface area contributed by atoms with Crippen LogP contribution in [-0.4, -0.2) is 42.7 Å². The monoisotopic (exact) mass is 331 g/mol. The van der Waals surface area contributed by atoms with Crippen LogP contribution in [0.25, 0.3) is 0 Å². The molecule has 2 fully saturated rings. The van der Waals surface area contributed by atoms with Crippen molar-refractivity contribution in [2.75, 3.05) is 19.7 Å². The second kappa shape index (κ2) is 6.55. The Morgan fingerprint density at radius 3 is 2.86 bits per heavy atom. The molecule has 3 rings (SSSR count). The summed E-state index contributed by atoms with van der Waals surface area (Å²) in [5, 5.41) is 6.72. The Hall–Kier alpha value is -1.12. The maximum Gasteiger partial charge on any atom is 0.375 e. The third-order valence-electron chi connectivity index (χ3n) is 4.29. The Labute approximate surface area is 131 Å². The smallest absolute Gasteiger partial charge is 0.375 e. The molecule has 0 bridgehead atoms. The third kappa shape index (κ3) is 3.13. The number of hydrogen-bond donors (Lipinski definition) is 2. The number of carbonyl (C=O) groups excluding carboxylic acids is 1. The van der Waals surface area contributed by atoms with Gasteiger partial charge in [-0.1, -0.05) is 0 Å². The summed E-state index contributed by atoms with van der Waals surface area (Å²) in [6, 6.07) is -0.346.